The van der Waals surface area contributed by atoms with E-state index in [2.05, 4.69) is 27.7 Å². The maximum atomic E-state index is 5.75. The molecule has 2 aromatic rings. The number of rotatable bonds is 4. The minimum atomic E-state index is 0.155. The van der Waals surface area contributed by atoms with Crippen LogP contribution >= 0.6 is 11.3 Å². The second-order valence-corrected chi connectivity index (χ2v) is 5.76. The lowest BCUT2D eigenvalue weighted by Gasteiger charge is -2.00. The highest BCUT2D eigenvalue weighted by molar-refractivity contribution is 7.11. The van der Waals surface area contributed by atoms with Crippen LogP contribution in [0.5, 0.6) is 0 Å². The van der Waals surface area contributed by atoms with Crippen molar-refractivity contribution >= 4 is 11.3 Å². The van der Waals surface area contributed by atoms with Crippen LogP contribution in [-0.2, 0) is 13.0 Å². The molecule has 4 nitrogen and oxygen atoms in total. The van der Waals surface area contributed by atoms with Crippen LogP contribution in [0.25, 0.3) is 0 Å². The van der Waals surface area contributed by atoms with Crippen molar-refractivity contribution in [1.29, 1.82) is 0 Å². The predicted octanol–water partition coefficient (Wildman–Crippen LogP) is 1.89. The van der Waals surface area contributed by atoms with E-state index in [9.17, 15) is 0 Å². The molecule has 5 heteroatoms. The van der Waals surface area contributed by atoms with Crippen LogP contribution in [0.1, 0.15) is 28.2 Å². The molecule has 0 aliphatic heterocycles. The van der Waals surface area contributed by atoms with Gasteiger partial charge in [-0.15, -0.1) is 11.3 Å². The van der Waals surface area contributed by atoms with E-state index >= 15 is 0 Å². The Balaban J connectivity index is 2.06. The SMILES string of the molecule is Cc1nc(Cn2cnc(CC(C)N)c2)sc1C. The summed E-state index contributed by atoms with van der Waals surface area (Å²) in [5, 5.41) is 1.13. The Hall–Kier alpha value is -1.20. The molecule has 0 aliphatic rings. The molecule has 0 fully saturated rings. The van der Waals surface area contributed by atoms with Gasteiger partial charge in [0.05, 0.1) is 24.3 Å². The van der Waals surface area contributed by atoms with E-state index in [4.69, 9.17) is 5.73 Å². The lowest BCUT2D eigenvalue weighted by atomic mass is 10.2. The average Bonchev–Trinajstić information content (AvgIpc) is 2.75. The van der Waals surface area contributed by atoms with Gasteiger partial charge in [-0.25, -0.2) is 9.97 Å². The zero-order valence-electron chi connectivity index (χ0n) is 10.5. The molecule has 2 aromatic heterocycles. The van der Waals surface area contributed by atoms with Crippen molar-refractivity contribution in [3.8, 4) is 0 Å². The minimum Gasteiger partial charge on any atom is -0.330 e. The summed E-state index contributed by atoms with van der Waals surface area (Å²) in [5.41, 5.74) is 7.92. The molecule has 17 heavy (non-hydrogen) atoms. The number of hydrogen-bond acceptors (Lipinski definition) is 4. The van der Waals surface area contributed by atoms with Gasteiger partial charge in [-0.3, -0.25) is 0 Å². The van der Waals surface area contributed by atoms with Gasteiger partial charge in [0, 0.05) is 23.5 Å². The van der Waals surface area contributed by atoms with Crippen molar-refractivity contribution < 1.29 is 0 Å². The molecule has 0 saturated heterocycles. The molecule has 1 unspecified atom stereocenters. The summed E-state index contributed by atoms with van der Waals surface area (Å²) in [6, 6.07) is 0.155. The first-order chi connectivity index (χ1) is 8.04. The molecule has 1 atom stereocenters. The lowest BCUT2D eigenvalue weighted by molar-refractivity contribution is 0.723. The predicted molar refractivity (Wildman–Crippen MR) is 70.3 cm³/mol. The van der Waals surface area contributed by atoms with Crippen LogP contribution in [0.3, 0.4) is 0 Å². The van der Waals surface area contributed by atoms with E-state index < -0.39 is 0 Å². The molecule has 0 saturated carbocycles. The molecule has 0 radical (unpaired) electrons. The smallest absolute Gasteiger partial charge is 0.113 e. The van der Waals surface area contributed by atoms with Crippen molar-refractivity contribution in [2.45, 2.75) is 39.8 Å². The largest absolute Gasteiger partial charge is 0.330 e. The highest BCUT2D eigenvalue weighted by Crippen LogP contribution is 2.17. The molecule has 92 valence electrons. The van der Waals surface area contributed by atoms with Gasteiger partial charge >= 0.3 is 0 Å². The summed E-state index contributed by atoms with van der Waals surface area (Å²) < 4.78 is 2.06. The number of imidazole rings is 1. The molecule has 2 rings (SSSR count). The van der Waals surface area contributed by atoms with Gasteiger partial charge in [-0.2, -0.15) is 0 Å². The Kier molecular flexibility index (Phi) is 3.59. The number of nitrogens with zero attached hydrogens (tertiary/aromatic N) is 3. The molecule has 0 amide bonds. The Morgan fingerprint density at radius 3 is 2.82 bits per heavy atom. The third-order valence-electron chi connectivity index (χ3n) is 2.61. The molecule has 0 bridgehead atoms. The second-order valence-electron chi connectivity index (χ2n) is 4.47. The molecule has 2 heterocycles. The van der Waals surface area contributed by atoms with E-state index in [-0.39, 0.29) is 6.04 Å². The highest BCUT2D eigenvalue weighted by Gasteiger charge is 2.06. The summed E-state index contributed by atoms with van der Waals surface area (Å²) in [5.74, 6) is 0. The molecule has 0 spiro atoms. The van der Waals surface area contributed by atoms with Crippen molar-refractivity contribution in [3.63, 3.8) is 0 Å². The zero-order chi connectivity index (χ0) is 12.4. The molecular formula is C12H18N4S. The van der Waals surface area contributed by atoms with Crippen LogP contribution in [0.2, 0.25) is 0 Å². The third-order valence-corrected chi connectivity index (χ3v) is 3.67. The first kappa shape index (κ1) is 12.3. The summed E-state index contributed by atoms with van der Waals surface area (Å²) in [6.45, 7) is 6.94. The monoisotopic (exact) mass is 250 g/mol. The number of hydrogen-bond donors (Lipinski definition) is 1. The molecule has 0 aromatic carbocycles. The quantitative estimate of drug-likeness (QED) is 0.901. The topological polar surface area (TPSA) is 56.7 Å². The van der Waals surface area contributed by atoms with Crippen molar-refractivity contribution in [2.24, 2.45) is 5.73 Å². The Labute approximate surface area is 106 Å². The van der Waals surface area contributed by atoms with E-state index in [0.29, 0.717) is 0 Å². The first-order valence-corrected chi connectivity index (χ1v) is 6.55. The number of aryl methyl sites for hydroxylation is 2. The normalized spacial score (nSPS) is 12.9. The van der Waals surface area contributed by atoms with Crippen molar-refractivity contribution in [2.75, 3.05) is 0 Å². The molecule has 2 N–H and O–H groups in total. The third kappa shape index (κ3) is 3.14. The van der Waals surface area contributed by atoms with Gasteiger partial charge in [0.2, 0.25) is 0 Å². The van der Waals surface area contributed by atoms with Crippen molar-refractivity contribution in [1.82, 2.24) is 14.5 Å². The highest BCUT2D eigenvalue weighted by atomic mass is 32.1. The molecule has 0 aliphatic carbocycles. The van der Waals surface area contributed by atoms with E-state index in [0.717, 1.165) is 29.4 Å². The van der Waals surface area contributed by atoms with Crippen molar-refractivity contribution in [3.05, 3.63) is 33.8 Å². The fraction of sp³-hybridized carbons (Fsp3) is 0.500. The summed E-state index contributed by atoms with van der Waals surface area (Å²) in [4.78, 5) is 10.2. The average molecular weight is 250 g/mol. The Morgan fingerprint density at radius 1 is 1.47 bits per heavy atom. The van der Waals surface area contributed by atoms with Crippen LogP contribution in [0.15, 0.2) is 12.5 Å². The van der Waals surface area contributed by atoms with Gasteiger partial charge in [-0.1, -0.05) is 0 Å². The Bertz CT molecular complexity index is 479. The molecular weight excluding hydrogens is 232 g/mol. The van der Waals surface area contributed by atoms with Crippen LogP contribution in [0, 0.1) is 13.8 Å². The van der Waals surface area contributed by atoms with Crippen LogP contribution < -0.4 is 5.73 Å². The van der Waals surface area contributed by atoms with Crippen LogP contribution in [-0.4, -0.2) is 20.6 Å². The van der Waals surface area contributed by atoms with Gasteiger partial charge in [-0.05, 0) is 20.8 Å². The fourth-order valence-electron chi connectivity index (χ4n) is 1.69. The first-order valence-electron chi connectivity index (χ1n) is 5.73. The number of aromatic nitrogens is 3. The fourth-order valence-corrected chi connectivity index (χ4v) is 2.63. The lowest BCUT2D eigenvalue weighted by Crippen LogP contribution is -2.17. The van der Waals surface area contributed by atoms with Gasteiger partial charge < -0.3 is 10.3 Å². The second kappa shape index (κ2) is 4.98. The van der Waals surface area contributed by atoms with Gasteiger partial charge in [0.25, 0.3) is 0 Å². The summed E-state index contributed by atoms with van der Waals surface area (Å²) in [6.07, 6.45) is 4.72. The van der Waals surface area contributed by atoms with E-state index in [1.165, 1.54) is 4.88 Å². The maximum Gasteiger partial charge on any atom is 0.113 e. The maximum absolute atomic E-state index is 5.75. The summed E-state index contributed by atoms with van der Waals surface area (Å²) >= 11 is 1.75. The number of nitrogens with two attached hydrogens (primary N) is 1. The standard InChI is InChI=1S/C12H18N4S/c1-8(13)4-11-5-16(7-14-11)6-12-15-9(2)10(3)17-12/h5,7-8H,4,6,13H2,1-3H3. The van der Waals surface area contributed by atoms with Gasteiger partial charge in [0.1, 0.15) is 5.01 Å². The number of thiazole rings is 1. The Morgan fingerprint density at radius 2 is 2.24 bits per heavy atom. The minimum absolute atomic E-state index is 0.155. The van der Waals surface area contributed by atoms with E-state index in [1.54, 1.807) is 11.3 Å². The van der Waals surface area contributed by atoms with E-state index in [1.807, 2.05) is 20.2 Å². The zero-order valence-corrected chi connectivity index (χ0v) is 11.3. The van der Waals surface area contributed by atoms with Gasteiger partial charge in [0.15, 0.2) is 0 Å². The summed E-state index contributed by atoms with van der Waals surface area (Å²) in [7, 11) is 0. The van der Waals surface area contributed by atoms with Crippen LogP contribution in [0.4, 0.5) is 0 Å².